The Morgan fingerprint density at radius 2 is 1.58 bits per heavy atom. The van der Waals surface area contributed by atoms with E-state index in [1.54, 1.807) is 0 Å². The van der Waals surface area contributed by atoms with Gasteiger partial charge in [0, 0.05) is 4.83 Å². The Kier molecular flexibility index (Phi) is 8.35. The third-order valence-corrected chi connectivity index (χ3v) is 3.17. The third-order valence-electron chi connectivity index (χ3n) is 2.10. The van der Waals surface area contributed by atoms with Crippen molar-refractivity contribution >= 4 is 15.9 Å². The van der Waals surface area contributed by atoms with Gasteiger partial charge in [0.05, 0.1) is 6.10 Å². The van der Waals surface area contributed by atoms with Gasteiger partial charge in [-0.15, -0.1) is 0 Å². The number of hydrogen-bond acceptors (Lipinski definition) is 1. The maximum atomic E-state index is 9.63. The second-order valence-electron chi connectivity index (χ2n) is 3.37. The van der Waals surface area contributed by atoms with Crippen molar-refractivity contribution in [3.8, 4) is 0 Å². The number of hydrogen-bond donors (Lipinski definition) is 1. The Balaban J connectivity index is 3.39. The Morgan fingerprint density at radius 3 is 2.08 bits per heavy atom. The van der Waals surface area contributed by atoms with Crippen molar-refractivity contribution in [1.29, 1.82) is 0 Å². The molecule has 0 saturated carbocycles. The Labute approximate surface area is 84.7 Å². The van der Waals surface area contributed by atoms with Gasteiger partial charge < -0.3 is 5.11 Å². The zero-order chi connectivity index (χ0) is 9.40. The Bertz CT molecular complexity index is 83.8. The Hall–Kier alpha value is 0.440. The molecule has 1 nitrogen and oxygen atoms in total. The topological polar surface area (TPSA) is 20.2 Å². The van der Waals surface area contributed by atoms with Crippen LogP contribution in [0.25, 0.3) is 0 Å². The minimum absolute atomic E-state index is 0.142. The molecule has 12 heavy (non-hydrogen) atoms. The highest BCUT2D eigenvalue weighted by Crippen LogP contribution is 2.17. The lowest BCUT2D eigenvalue weighted by Gasteiger charge is -2.16. The molecule has 0 aliphatic carbocycles. The van der Waals surface area contributed by atoms with E-state index in [1.165, 1.54) is 19.3 Å². The van der Waals surface area contributed by atoms with Crippen LogP contribution in [0.3, 0.4) is 0 Å². The van der Waals surface area contributed by atoms with Crippen molar-refractivity contribution < 1.29 is 5.11 Å². The summed E-state index contributed by atoms with van der Waals surface area (Å²) in [5.41, 5.74) is 0. The molecule has 0 aromatic carbocycles. The number of aliphatic hydroxyl groups is 1. The molecular formula is C10H21BrO. The summed E-state index contributed by atoms with van der Waals surface area (Å²) in [6.45, 7) is 4.33. The van der Waals surface area contributed by atoms with Crippen LogP contribution in [0.2, 0.25) is 0 Å². The minimum Gasteiger partial charge on any atom is -0.392 e. The molecule has 0 amide bonds. The maximum Gasteiger partial charge on any atom is 0.0665 e. The predicted molar refractivity (Wildman–Crippen MR) is 57.8 cm³/mol. The van der Waals surface area contributed by atoms with Crippen LogP contribution in [0.15, 0.2) is 0 Å². The van der Waals surface area contributed by atoms with Crippen LogP contribution in [0, 0.1) is 0 Å². The summed E-state index contributed by atoms with van der Waals surface area (Å²) in [5, 5.41) is 9.63. The highest BCUT2D eigenvalue weighted by molar-refractivity contribution is 9.09. The summed E-state index contributed by atoms with van der Waals surface area (Å²) >= 11 is 3.52. The molecule has 0 radical (unpaired) electrons. The molecule has 0 bridgehead atoms. The van der Waals surface area contributed by atoms with Crippen molar-refractivity contribution in [3.63, 3.8) is 0 Å². The number of rotatable bonds is 7. The van der Waals surface area contributed by atoms with Gasteiger partial charge in [-0.05, 0) is 12.8 Å². The highest BCUT2D eigenvalue weighted by atomic mass is 79.9. The highest BCUT2D eigenvalue weighted by Gasteiger charge is 2.13. The summed E-state index contributed by atoms with van der Waals surface area (Å²) < 4.78 is 0. The van der Waals surface area contributed by atoms with Crippen molar-refractivity contribution in [1.82, 2.24) is 0 Å². The molecule has 0 spiro atoms. The molecule has 0 aliphatic heterocycles. The van der Waals surface area contributed by atoms with E-state index >= 15 is 0 Å². The van der Waals surface area contributed by atoms with E-state index < -0.39 is 0 Å². The SMILES string of the molecule is CCCC[C@H](O)[C@@H](Br)CCCC. The van der Waals surface area contributed by atoms with E-state index in [0.717, 1.165) is 19.3 Å². The molecule has 0 saturated heterocycles. The molecule has 2 atom stereocenters. The standard InChI is InChI=1S/C10H21BrO/c1-3-5-7-9(11)10(12)8-6-4-2/h9-10,12H,3-8H2,1-2H3/t9-,10-/m0/s1. The fourth-order valence-electron chi connectivity index (χ4n) is 1.19. The van der Waals surface area contributed by atoms with Gasteiger partial charge in [0.25, 0.3) is 0 Å². The van der Waals surface area contributed by atoms with Gasteiger partial charge >= 0.3 is 0 Å². The van der Waals surface area contributed by atoms with E-state index in [-0.39, 0.29) is 6.10 Å². The van der Waals surface area contributed by atoms with Gasteiger partial charge in [-0.2, -0.15) is 0 Å². The average molecular weight is 237 g/mol. The lowest BCUT2D eigenvalue weighted by Crippen LogP contribution is -2.19. The maximum absolute atomic E-state index is 9.63. The largest absolute Gasteiger partial charge is 0.392 e. The minimum atomic E-state index is -0.142. The van der Waals surface area contributed by atoms with Gasteiger partial charge in [0.15, 0.2) is 0 Å². The van der Waals surface area contributed by atoms with Gasteiger partial charge in [-0.1, -0.05) is 55.5 Å². The van der Waals surface area contributed by atoms with Crippen molar-refractivity contribution in [2.45, 2.75) is 63.3 Å². The van der Waals surface area contributed by atoms with Crippen molar-refractivity contribution in [3.05, 3.63) is 0 Å². The molecule has 0 aromatic heterocycles. The van der Waals surface area contributed by atoms with Crippen LogP contribution in [-0.4, -0.2) is 16.0 Å². The fraction of sp³-hybridized carbons (Fsp3) is 1.00. The van der Waals surface area contributed by atoms with Crippen molar-refractivity contribution in [2.24, 2.45) is 0 Å². The molecule has 74 valence electrons. The molecule has 0 unspecified atom stereocenters. The third kappa shape index (κ3) is 6.01. The molecule has 0 aliphatic rings. The van der Waals surface area contributed by atoms with E-state index in [1.807, 2.05) is 0 Å². The zero-order valence-electron chi connectivity index (χ0n) is 8.22. The Morgan fingerprint density at radius 1 is 1.08 bits per heavy atom. The monoisotopic (exact) mass is 236 g/mol. The van der Waals surface area contributed by atoms with E-state index in [4.69, 9.17) is 0 Å². The predicted octanol–water partition coefficient (Wildman–Crippen LogP) is 3.49. The van der Waals surface area contributed by atoms with Gasteiger partial charge in [-0.3, -0.25) is 0 Å². The molecular weight excluding hydrogens is 216 g/mol. The van der Waals surface area contributed by atoms with Crippen molar-refractivity contribution in [2.75, 3.05) is 0 Å². The summed E-state index contributed by atoms with van der Waals surface area (Å²) in [7, 11) is 0. The molecule has 0 heterocycles. The summed E-state index contributed by atoms with van der Waals surface area (Å²) in [4.78, 5) is 0.309. The van der Waals surface area contributed by atoms with Crippen LogP contribution >= 0.6 is 15.9 Å². The quantitative estimate of drug-likeness (QED) is 0.672. The first kappa shape index (κ1) is 12.4. The van der Waals surface area contributed by atoms with E-state index in [0.29, 0.717) is 4.83 Å². The van der Waals surface area contributed by atoms with Crippen LogP contribution in [0.4, 0.5) is 0 Å². The van der Waals surface area contributed by atoms with Crippen LogP contribution < -0.4 is 0 Å². The zero-order valence-corrected chi connectivity index (χ0v) is 9.81. The van der Waals surface area contributed by atoms with Gasteiger partial charge in [0.1, 0.15) is 0 Å². The second kappa shape index (κ2) is 8.06. The molecule has 0 rings (SSSR count). The van der Waals surface area contributed by atoms with Gasteiger partial charge in [-0.25, -0.2) is 0 Å². The smallest absolute Gasteiger partial charge is 0.0665 e. The lowest BCUT2D eigenvalue weighted by atomic mass is 10.1. The first-order valence-electron chi connectivity index (χ1n) is 5.04. The molecule has 2 heteroatoms. The molecule has 1 N–H and O–H groups in total. The van der Waals surface area contributed by atoms with Crippen LogP contribution in [0.1, 0.15) is 52.4 Å². The van der Waals surface area contributed by atoms with Gasteiger partial charge in [0.2, 0.25) is 0 Å². The van der Waals surface area contributed by atoms with E-state index in [2.05, 4.69) is 29.8 Å². The normalized spacial score (nSPS) is 16.0. The first-order chi connectivity index (χ1) is 5.72. The first-order valence-corrected chi connectivity index (χ1v) is 5.96. The molecule has 0 aromatic rings. The number of halogens is 1. The van der Waals surface area contributed by atoms with Crippen LogP contribution in [-0.2, 0) is 0 Å². The summed E-state index contributed by atoms with van der Waals surface area (Å²) in [6, 6.07) is 0. The second-order valence-corrected chi connectivity index (χ2v) is 4.54. The number of unbranched alkanes of at least 4 members (excludes halogenated alkanes) is 2. The average Bonchev–Trinajstić information content (AvgIpc) is 2.10. The number of alkyl halides is 1. The van der Waals surface area contributed by atoms with Crippen LogP contribution in [0.5, 0.6) is 0 Å². The summed E-state index contributed by atoms with van der Waals surface area (Å²) in [5.74, 6) is 0. The number of aliphatic hydroxyl groups excluding tert-OH is 1. The fourth-order valence-corrected chi connectivity index (χ4v) is 1.77. The molecule has 0 fully saturated rings. The lowest BCUT2D eigenvalue weighted by molar-refractivity contribution is 0.156. The summed E-state index contributed by atoms with van der Waals surface area (Å²) in [6.07, 6.45) is 6.62. The van der Waals surface area contributed by atoms with E-state index in [9.17, 15) is 5.11 Å².